The summed E-state index contributed by atoms with van der Waals surface area (Å²) >= 11 is 0. The molecule has 0 fully saturated rings. The lowest BCUT2D eigenvalue weighted by molar-refractivity contribution is -0.141. The Kier molecular flexibility index (Phi) is 4.42. The van der Waals surface area contributed by atoms with E-state index in [4.69, 9.17) is 0 Å². The lowest BCUT2D eigenvalue weighted by Gasteiger charge is -2.10. The number of anilines is 1. The summed E-state index contributed by atoms with van der Waals surface area (Å²) in [7, 11) is 0. The number of nitrogens with zero attached hydrogens (tertiary/aromatic N) is 1. The van der Waals surface area contributed by atoms with Gasteiger partial charge in [-0.15, -0.1) is 0 Å². The van der Waals surface area contributed by atoms with Gasteiger partial charge >= 0.3 is 12.2 Å². The lowest BCUT2D eigenvalue weighted by atomic mass is 10.2. The number of amides is 2. The van der Waals surface area contributed by atoms with Crippen molar-refractivity contribution in [1.82, 2.24) is 10.3 Å². The molecule has 0 unspecified atom stereocenters. The maximum Gasteiger partial charge on any atom is 0.433 e. The number of halogens is 3. The summed E-state index contributed by atoms with van der Waals surface area (Å²) in [5, 5.41) is 4.87. The number of benzene rings is 1. The summed E-state index contributed by atoms with van der Waals surface area (Å²) in [5.74, 6) is 0. The Morgan fingerprint density at radius 3 is 2.62 bits per heavy atom. The van der Waals surface area contributed by atoms with E-state index in [1.165, 1.54) is 6.07 Å². The lowest BCUT2D eigenvalue weighted by Crippen LogP contribution is -2.28. The minimum Gasteiger partial charge on any atom is -0.334 e. The van der Waals surface area contributed by atoms with Crippen molar-refractivity contribution >= 4 is 11.7 Å². The van der Waals surface area contributed by atoms with Crippen molar-refractivity contribution < 1.29 is 18.0 Å². The largest absolute Gasteiger partial charge is 0.433 e. The van der Waals surface area contributed by atoms with Gasteiger partial charge in [0.25, 0.3) is 0 Å². The molecule has 2 N–H and O–H groups in total. The van der Waals surface area contributed by atoms with Crippen LogP contribution in [0.15, 0.2) is 42.6 Å². The molecule has 0 atom stereocenters. The third-order valence-corrected chi connectivity index (χ3v) is 2.55. The normalized spacial score (nSPS) is 11.0. The Balaban J connectivity index is 1.94. The third kappa shape index (κ3) is 4.48. The SMILES string of the molecule is O=C(NCc1cc[c]cc1)Nc1ccnc(C(F)(F)F)c1. The Labute approximate surface area is 119 Å². The second kappa shape index (κ2) is 6.25. The van der Waals surface area contributed by atoms with Crippen LogP contribution < -0.4 is 10.6 Å². The van der Waals surface area contributed by atoms with Gasteiger partial charge in [0.1, 0.15) is 5.69 Å². The predicted molar refractivity (Wildman–Crippen MR) is 70.4 cm³/mol. The fourth-order valence-electron chi connectivity index (χ4n) is 1.56. The van der Waals surface area contributed by atoms with Gasteiger partial charge in [0.05, 0.1) is 0 Å². The Bertz CT molecular complexity index is 614. The van der Waals surface area contributed by atoms with Crippen LogP contribution in [0, 0.1) is 6.07 Å². The van der Waals surface area contributed by atoms with Crippen molar-refractivity contribution in [2.24, 2.45) is 0 Å². The minimum absolute atomic E-state index is 0.0243. The fraction of sp³-hybridized carbons (Fsp3) is 0.143. The molecule has 0 saturated heterocycles. The molecule has 1 heterocycles. The second-order valence-corrected chi connectivity index (χ2v) is 4.14. The number of carbonyl (C=O) groups excluding carboxylic acids is 1. The zero-order valence-electron chi connectivity index (χ0n) is 10.7. The summed E-state index contributed by atoms with van der Waals surface area (Å²) in [4.78, 5) is 14.8. The van der Waals surface area contributed by atoms with Gasteiger partial charge in [-0.1, -0.05) is 24.3 Å². The van der Waals surface area contributed by atoms with Gasteiger partial charge in [0, 0.05) is 18.4 Å². The maximum atomic E-state index is 12.5. The number of hydrogen-bond donors (Lipinski definition) is 2. The first-order chi connectivity index (χ1) is 9.95. The summed E-state index contributed by atoms with van der Waals surface area (Å²) in [6, 6.07) is 11.3. The van der Waals surface area contributed by atoms with Crippen LogP contribution >= 0.6 is 0 Å². The van der Waals surface area contributed by atoms with Gasteiger partial charge in [0.2, 0.25) is 0 Å². The third-order valence-electron chi connectivity index (χ3n) is 2.55. The van der Waals surface area contributed by atoms with E-state index in [-0.39, 0.29) is 12.2 Å². The number of nitrogens with one attached hydrogen (secondary N) is 2. The molecule has 21 heavy (non-hydrogen) atoms. The first kappa shape index (κ1) is 14.8. The number of aromatic nitrogens is 1. The molecule has 2 rings (SSSR count). The smallest absolute Gasteiger partial charge is 0.334 e. The Hall–Kier alpha value is -2.57. The highest BCUT2D eigenvalue weighted by molar-refractivity contribution is 5.89. The van der Waals surface area contributed by atoms with Crippen LogP contribution in [0.25, 0.3) is 0 Å². The van der Waals surface area contributed by atoms with Gasteiger partial charge in [-0.25, -0.2) is 4.79 Å². The highest BCUT2D eigenvalue weighted by Crippen LogP contribution is 2.28. The van der Waals surface area contributed by atoms with Crippen LogP contribution in [0.1, 0.15) is 11.3 Å². The van der Waals surface area contributed by atoms with E-state index in [9.17, 15) is 18.0 Å². The van der Waals surface area contributed by atoms with E-state index in [1.807, 2.05) is 0 Å². The topological polar surface area (TPSA) is 54.0 Å². The van der Waals surface area contributed by atoms with Gasteiger partial charge in [0.15, 0.2) is 0 Å². The van der Waals surface area contributed by atoms with Crippen LogP contribution in [0.2, 0.25) is 0 Å². The summed E-state index contributed by atoms with van der Waals surface area (Å²) < 4.78 is 37.4. The molecule has 0 spiro atoms. The monoisotopic (exact) mass is 294 g/mol. The summed E-state index contributed by atoms with van der Waals surface area (Å²) in [6.07, 6.45) is -3.56. The van der Waals surface area contributed by atoms with Crippen molar-refractivity contribution in [2.45, 2.75) is 12.7 Å². The number of hydrogen-bond acceptors (Lipinski definition) is 2. The molecule has 0 aliphatic heterocycles. The van der Waals surface area contributed by atoms with Gasteiger partial charge in [-0.2, -0.15) is 13.2 Å². The zero-order chi connectivity index (χ0) is 15.3. The molecule has 0 aliphatic carbocycles. The van der Waals surface area contributed by atoms with Crippen molar-refractivity contribution in [3.63, 3.8) is 0 Å². The van der Waals surface area contributed by atoms with Crippen LogP contribution in [0.3, 0.4) is 0 Å². The van der Waals surface area contributed by atoms with E-state index in [2.05, 4.69) is 21.7 Å². The average Bonchev–Trinajstić information content (AvgIpc) is 2.46. The van der Waals surface area contributed by atoms with Crippen LogP contribution in [0.4, 0.5) is 23.7 Å². The molecule has 0 bridgehead atoms. The molecule has 7 heteroatoms. The first-order valence-electron chi connectivity index (χ1n) is 5.98. The fourth-order valence-corrected chi connectivity index (χ4v) is 1.56. The van der Waals surface area contributed by atoms with Crippen molar-refractivity contribution in [2.75, 3.05) is 5.32 Å². The average molecular weight is 294 g/mol. The summed E-state index contributed by atoms with van der Waals surface area (Å²) in [6.45, 7) is 0.262. The highest BCUT2D eigenvalue weighted by atomic mass is 19.4. The van der Waals surface area contributed by atoms with Gasteiger partial charge < -0.3 is 10.6 Å². The zero-order valence-corrected chi connectivity index (χ0v) is 10.7. The molecule has 0 saturated carbocycles. The maximum absolute atomic E-state index is 12.5. The number of pyridine rings is 1. The van der Waals surface area contributed by atoms with E-state index >= 15 is 0 Å². The predicted octanol–water partition coefficient (Wildman–Crippen LogP) is 3.22. The molecule has 2 amide bonds. The number of alkyl halides is 3. The summed E-state index contributed by atoms with van der Waals surface area (Å²) in [5.41, 5.74) is -0.176. The van der Waals surface area contributed by atoms with Crippen LogP contribution in [-0.2, 0) is 12.7 Å². The number of urea groups is 1. The molecule has 0 aliphatic rings. The Morgan fingerprint density at radius 2 is 1.95 bits per heavy atom. The van der Waals surface area contributed by atoms with Crippen molar-refractivity contribution in [1.29, 1.82) is 0 Å². The van der Waals surface area contributed by atoms with Crippen LogP contribution in [-0.4, -0.2) is 11.0 Å². The molecular weight excluding hydrogens is 283 g/mol. The van der Waals surface area contributed by atoms with E-state index in [0.29, 0.717) is 0 Å². The molecule has 1 radical (unpaired) electrons. The van der Waals surface area contributed by atoms with Gasteiger partial charge in [-0.05, 0) is 23.8 Å². The van der Waals surface area contributed by atoms with E-state index in [1.54, 1.807) is 24.3 Å². The molecule has 109 valence electrons. The molecule has 2 aromatic rings. The minimum atomic E-state index is -4.55. The van der Waals surface area contributed by atoms with E-state index in [0.717, 1.165) is 17.8 Å². The molecule has 4 nitrogen and oxygen atoms in total. The Morgan fingerprint density at radius 1 is 1.24 bits per heavy atom. The highest BCUT2D eigenvalue weighted by Gasteiger charge is 2.32. The molecule has 1 aromatic carbocycles. The molecule has 1 aromatic heterocycles. The standard InChI is InChI=1S/C14H11F3N3O/c15-14(16,17)12-8-11(6-7-18-12)20-13(21)19-9-10-4-2-1-3-5-10/h2-8H,9H2,(H2,18,19,20,21). The van der Waals surface area contributed by atoms with E-state index < -0.39 is 17.9 Å². The quantitative estimate of drug-likeness (QED) is 0.913. The van der Waals surface area contributed by atoms with Gasteiger partial charge in [-0.3, -0.25) is 4.98 Å². The number of rotatable bonds is 3. The molecular formula is C14H11F3N3O. The first-order valence-corrected chi connectivity index (χ1v) is 5.98. The van der Waals surface area contributed by atoms with Crippen molar-refractivity contribution in [3.8, 4) is 0 Å². The van der Waals surface area contributed by atoms with Crippen LogP contribution in [0.5, 0.6) is 0 Å². The second-order valence-electron chi connectivity index (χ2n) is 4.14. The van der Waals surface area contributed by atoms with Crippen molar-refractivity contribution in [3.05, 3.63) is 59.9 Å². The number of carbonyl (C=O) groups is 1.